The molecule has 0 radical (unpaired) electrons. The standard InChI is InChI=1S/C9H16O6/c1-3-14-8(12)6(5-7(10)11)9(13)15-4-2/h6-7,10-11H,3-5H2,1-2H3. The van der Waals surface area contributed by atoms with Gasteiger partial charge in [-0.3, -0.25) is 9.59 Å². The molecule has 88 valence electrons. The fraction of sp³-hybridized carbons (Fsp3) is 0.778. The van der Waals surface area contributed by atoms with E-state index in [1.807, 2.05) is 0 Å². The molecule has 0 rings (SSSR count). The molecule has 0 aromatic rings. The number of carbonyl (C=O) groups excluding carboxylic acids is 2. The van der Waals surface area contributed by atoms with Crippen molar-refractivity contribution in [2.24, 2.45) is 5.92 Å². The van der Waals surface area contributed by atoms with E-state index >= 15 is 0 Å². The van der Waals surface area contributed by atoms with Gasteiger partial charge >= 0.3 is 11.9 Å². The second kappa shape index (κ2) is 7.19. The highest BCUT2D eigenvalue weighted by Crippen LogP contribution is 2.10. The van der Waals surface area contributed by atoms with Gasteiger partial charge in [0.1, 0.15) is 0 Å². The number of aliphatic hydroxyl groups excluding tert-OH is 1. The second-order valence-electron chi connectivity index (χ2n) is 2.77. The van der Waals surface area contributed by atoms with Crippen LogP contribution in [0.5, 0.6) is 0 Å². The Kier molecular flexibility index (Phi) is 6.64. The Hall–Kier alpha value is -1.14. The van der Waals surface area contributed by atoms with Crippen molar-refractivity contribution >= 4 is 11.9 Å². The molecule has 15 heavy (non-hydrogen) atoms. The number of esters is 2. The van der Waals surface area contributed by atoms with E-state index in [4.69, 9.17) is 10.2 Å². The van der Waals surface area contributed by atoms with Gasteiger partial charge in [-0.1, -0.05) is 0 Å². The molecule has 0 unspecified atom stereocenters. The van der Waals surface area contributed by atoms with E-state index in [-0.39, 0.29) is 13.2 Å². The molecule has 0 fully saturated rings. The quantitative estimate of drug-likeness (QED) is 0.354. The molecular weight excluding hydrogens is 204 g/mol. The second-order valence-corrected chi connectivity index (χ2v) is 2.77. The van der Waals surface area contributed by atoms with Crippen molar-refractivity contribution in [3.05, 3.63) is 0 Å². The lowest BCUT2D eigenvalue weighted by molar-refractivity contribution is -0.166. The first-order valence-electron chi connectivity index (χ1n) is 4.72. The Labute approximate surface area is 87.8 Å². The summed E-state index contributed by atoms with van der Waals surface area (Å²) in [4.78, 5) is 22.5. The summed E-state index contributed by atoms with van der Waals surface area (Å²) >= 11 is 0. The molecule has 0 spiro atoms. The average Bonchev–Trinajstić information content (AvgIpc) is 2.14. The van der Waals surface area contributed by atoms with Gasteiger partial charge < -0.3 is 19.7 Å². The fourth-order valence-electron chi connectivity index (χ4n) is 0.985. The van der Waals surface area contributed by atoms with Crippen LogP contribution in [0, 0.1) is 5.92 Å². The molecule has 0 amide bonds. The van der Waals surface area contributed by atoms with Crippen LogP contribution in [0.25, 0.3) is 0 Å². The Morgan fingerprint density at radius 2 is 1.47 bits per heavy atom. The zero-order chi connectivity index (χ0) is 11.8. The molecule has 6 heteroatoms. The summed E-state index contributed by atoms with van der Waals surface area (Å²) in [7, 11) is 0. The van der Waals surface area contributed by atoms with Crippen LogP contribution in [-0.4, -0.2) is 41.7 Å². The topological polar surface area (TPSA) is 93.1 Å². The Bertz CT molecular complexity index is 195. The minimum Gasteiger partial charge on any atom is -0.465 e. The molecule has 2 N–H and O–H groups in total. The molecule has 0 bridgehead atoms. The third-order valence-electron chi connectivity index (χ3n) is 1.59. The zero-order valence-electron chi connectivity index (χ0n) is 8.80. The van der Waals surface area contributed by atoms with E-state index in [0.717, 1.165) is 0 Å². The lowest BCUT2D eigenvalue weighted by Gasteiger charge is -2.14. The zero-order valence-corrected chi connectivity index (χ0v) is 8.80. The molecule has 0 aromatic carbocycles. The van der Waals surface area contributed by atoms with Crippen LogP contribution in [0.15, 0.2) is 0 Å². The number of hydrogen-bond acceptors (Lipinski definition) is 6. The summed E-state index contributed by atoms with van der Waals surface area (Å²) < 4.78 is 9.22. The van der Waals surface area contributed by atoms with Crippen molar-refractivity contribution in [3.63, 3.8) is 0 Å². The lowest BCUT2D eigenvalue weighted by Crippen LogP contribution is -2.31. The molecule has 0 aliphatic heterocycles. The van der Waals surface area contributed by atoms with Gasteiger partial charge in [0.05, 0.1) is 13.2 Å². The normalized spacial score (nSPS) is 10.5. The maximum atomic E-state index is 11.2. The smallest absolute Gasteiger partial charge is 0.320 e. The maximum absolute atomic E-state index is 11.2. The van der Waals surface area contributed by atoms with E-state index in [1.54, 1.807) is 13.8 Å². The summed E-state index contributed by atoms with van der Waals surface area (Å²) in [6.07, 6.45) is -2.17. The van der Waals surface area contributed by atoms with Gasteiger partial charge in [-0.25, -0.2) is 0 Å². The van der Waals surface area contributed by atoms with Gasteiger partial charge in [0, 0.05) is 6.42 Å². The summed E-state index contributed by atoms with van der Waals surface area (Å²) in [6, 6.07) is 0. The van der Waals surface area contributed by atoms with E-state index in [9.17, 15) is 9.59 Å². The molecule has 6 nitrogen and oxygen atoms in total. The third kappa shape index (κ3) is 5.34. The van der Waals surface area contributed by atoms with Gasteiger partial charge in [-0.15, -0.1) is 0 Å². The highest BCUT2D eigenvalue weighted by Gasteiger charge is 2.31. The summed E-state index contributed by atoms with van der Waals surface area (Å²) in [6.45, 7) is 3.43. The van der Waals surface area contributed by atoms with Gasteiger partial charge in [0.25, 0.3) is 0 Å². The van der Waals surface area contributed by atoms with E-state index in [1.165, 1.54) is 0 Å². The van der Waals surface area contributed by atoms with Crippen molar-refractivity contribution in [1.29, 1.82) is 0 Å². The van der Waals surface area contributed by atoms with Crippen molar-refractivity contribution in [2.75, 3.05) is 13.2 Å². The first kappa shape index (κ1) is 13.9. The van der Waals surface area contributed by atoms with Crippen LogP contribution in [-0.2, 0) is 19.1 Å². The van der Waals surface area contributed by atoms with Gasteiger partial charge in [-0.05, 0) is 13.8 Å². The van der Waals surface area contributed by atoms with E-state index in [2.05, 4.69) is 9.47 Å². The van der Waals surface area contributed by atoms with E-state index < -0.39 is 30.6 Å². The third-order valence-corrected chi connectivity index (χ3v) is 1.59. The van der Waals surface area contributed by atoms with Gasteiger partial charge in [0.15, 0.2) is 12.2 Å². The monoisotopic (exact) mass is 220 g/mol. The van der Waals surface area contributed by atoms with Gasteiger partial charge in [0.2, 0.25) is 0 Å². The molecular formula is C9H16O6. The van der Waals surface area contributed by atoms with Crippen LogP contribution in [0.1, 0.15) is 20.3 Å². The largest absolute Gasteiger partial charge is 0.465 e. The van der Waals surface area contributed by atoms with Crippen molar-refractivity contribution in [2.45, 2.75) is 26.6 Å². The minimum absolute atomic E-state index is 0.121. The predicted octanol–water partition coefficient (Wildman–Crippen LogP) is -0.570. The molecule has 0 saturated heterocycles. The molecule has 0 heterocycles. The fourth-order valence-corrected chi connectivity index (χ4v) is 0.985. The minimum atomic E-state index is -1.75. The van der Waals surface area contributed by atoms with Crippen LogP contribution in [0.4, 0.5) is 0 Å². The van der Waals surface area contributed by atoms with Crippen molar-refractivity contribution < 1.29 is 29.3 Å². The Morgan fingerprint density at radius 3 is 1.73 bits per heavy atom. The molecule has 0 saturated carbocycles. The van der Waals surface area contributed by atoms with Gasteiger partial charge in [-0.2, -0.15) is 0 Å². The summed E-state index contributed by atoms with van der Waals surface area (Å²) in [5.74, 6) is -2.88. The number of ether oxygens (including phenoxy) is 2. The molecule has 0 aliphatic carbocycles. The number of aliphatic hydroxyl groups is 2. The molecule has 0 aliphatic rings. The van der Waals surface area contributed by atoms with Crippen molar-refractivity contribution in [3.8, 4) is 0 Å². The van der Waals surface area contributed by atoms with Crippen LogP contribution in [0.2, 0.25) is 0 Å². The number of rotatable bonds is 6. The average molecular weight is 220 g/mol. The SMILES string of the molecule is CCOC(=O)C(CC(O)O)C(=O)OCC. The number of carbonyl (C=O) groups is 2. The Balaban J connectivity index is 4.42. The van der Waals surface area contributed by atoms with Crippen LogP contribution in [0.3, 0.4) is 0 Å². The maximum Gasteiger partial charge on any atom is 0.320 e. The number of hydrogen-bond donors (Lipinski definition) is 2. The van der Waals surface area contributed by atoms with Crippen molar-refractivity contribution in [1.82, 2.24) is 0 Å². The summed E-state index contributed by atoms with van der Waals surface area (Å²) in [5, 5.41) is 17.4. The Morgan fingerprint density at radius 1 is 1.07 bits per heavy atom. The van der Waals surface area contributed by atoms with Crippen LogP contribution >= 0.6 is 0 Å². The van der Waals surface area contributed by atoms with E-state index in [0.29, 0.717) is 0 Å². The van der Waals surface area contributed by atoms with Crippen LogP contribution < -0.4 is 0 Å². The highest BCUT2D eigenvalue weighted by molar-refractivity contribution is 5.94. The molecule has 0 aromatic heterocycles. The highest BCUT2D eigenvalue weighted by atomic mass is 16.6. The first-order valence-corrected chi connectivity index (χ1v) is 4.72. The predicted molar refractivity (Wildman–Crippen MR) is 49.6 cm³/mol. The summed E-state index contributed by atoms with van der Waals surface area (Å²) in [5.41, 5.74) is 0. The molecule has 0 atom stereocenters. The lowest BCUT2D eigenvalue weighted by atomic mass is 10.1. The first-order chi connectivity index (χ1) is 7.02.